The lowest BCUT2D eigenvalue weighted by molar-refractivity contribution is 0.316. The van der Waals surface area contributed by atoms with E-state index in [1.54, 1.807) is 13.2 Å². The van der Waals surface area contributed by atoms with Crippen molar-refractivity contribution in [2.24, 2.45) is 5.73 Å². The summed E-state index contributed by atoms with van der Waals surface area (Å²) in [6, 6.07) is 3.63. The largest absolute Gasteiger partial charge is 0.481 e. The van der Waals surface area contributed by atoms with Gasteiger partial charge in [-0.25, -0.2) is 0 Å². The van der Waals surface area contributed by atoms with Crippen molar-refractivity contribution >= 4 is 0 Å². The zero-order valence-electron chi connectivity index (χ0n) is 6.78. The Kier molecular flexibility index (Phi) is 1.62. The van der Waals surface area contributed by atoms with Gasteiger partial charge < -0.3 is 15.2 Å². The van der Waals surface area contributed by atoms with E-state index >= 15 is 0 Å². The number of hydrogen-bond donors (Lipinski definition) is 1. The molecule has 4 heteroatoms. The number of nitrogens with two attached hydrogens (primary N) is 1. The minimum Gasteiger partial charge on any atom is -0.481 e. The molecule has 12 heavy (non-hydrogen) atoms. The second-order valence-corrected chi connectivity index (χ2v) is 2.67. The van der Waals surface area contributed by atoms with Crippen LogP contribution in [0.5, 0.6) is 11.8 Å². The Balaban J connectivity index is 2.41. The quantitative estimate of drug-likeness (QED) is 0.659. The molecule has 1 aliphatic rings. The van der Waals surface area contributed by atoms with Crippen molar-refractivity contribution in [2.75, 3.05) is 13.7 Å². The predicted molar refractivity (Wildman–Crippen MR) is 43.2 cm³/mol. The molecule has 1 unspecified atom stereocenters. The van der Waals surface area contributed by atoms with E-state index in [9.17, 15) is 0 Å². The van der Waals surface area contributed by atoms with Crippen LogP contribution >= 0.6 is 0 Å². The lowest BCUT2D eigenvalue weighted by Gasteiger charge is -2.01. The van der Waals surface area contributed by atoms with Gasteiger partial charge in [-0.15, -0.1) is 0 Å². The van der Waals surface area contributed by atoms with Crippen LogP contribution < -0.4 is 15.2 Å². The highest BCUT2D eigenvalue weighted by molar-refractivity contribution is 5.36. The summed E-state index contributed by atoms with van der Waals surface area (Å²) in [5.41, 5.74) is 6.69. The molecule has 64 valence electrons. The lowest BCUT2D eigenvalue weighted by Crippen LogP contribution is -2.10. The monoisotopic (exact) mass is 166 g/mol. The van der Waals surface area contributed by atoms with E-state index in [2.05, 4.69) is 4.98 Å². The van der Waals surface area contributed by atoms with Gasteiger partial charge in [-0.1, -0.05) is 0 Å². The summed E-state index contributed by atoms with van der Waals surface area (Å²) >= 11 is 0. The van der Waals surface area contributed by atoms with Gasteiger partial charge in [0.15, 0.2) is 0 Å². The molecule has 0 spiro atoms. The summed E-state index contributed by atoms with van der Waals surface area (Å²) in [6.45, 7) is 0.509. The van der Waals surface area contributed by atoms with Crippen molar-refractivity contribution < 1.29 is 9.47 Å². The Morgan fingerprint density at radius 2 is 2.50 bits per heavy atom. The van der Waals surface area contributed by atoms with Gasteiger partial charge in [0.1, 0.15) is 6.61 Å². The van der Waals surface area contributed by atoms with Crippen molar-refractivity contribution in [1.29, 1.82) is 0 Å². The Morgan fingerprint density at radius 3 is 3.25 bits per heavy atom. The zero-order chi connectivity index (χ0) is 8.55. The van der Waals surface area contributed by atoms with Crippen LogP contribution in [0, 0.1) is 0 Å². The third-order valence-corrected chi connectivity index (χ3v) is 1.87. The highest BCUT2D eigenvalue weighted by atomic mass is 16.5. The molecule has 1 aromatic rings. The smallest absolute Gasteiger partial charge is 0.221 e. The van der Waals surface area contributed by atoms with Crippen LogP contribution in [0.25, 0.3) is 0 Å². The number of pyridine rings is 1. The molecule has 0 saturated heterocycles. The first kappa shape index (κ1) is 7.36. The number of ether oxygens (including phenoxy) is 2. The molecule has 2 rings (SSSR count). The summed E-state index contributed by atoms with van der Waals surface area (Å²) in [5.74, 6) is 1.16. The number of fused-ring (bicyclic) bond motifs is 1. The molecule has 4 nitrogen and oxygen atoms in total. The molecule has 0 aliphatic carbocycles. The fraction of sp³-hybridized carbons (Fsp3) is 0.375. The van der Waals surface area contributed by atoms with Crippen molar-refractivity contribution in [3.63, 3.8) is 0 Å². The molecular formula is C8H10N2O2. The summed E-state index contributed by atoms with van der Waals surface area (Å²) < 4.78 is 10.2. The average Bonchev–Trinajstić information content (AvgIpc) is 2.47. The molecule has 1 aliphatic heterocycles. The SMILES string of the molecule is COc1ccc2c(n1)OCC2N. The molecule has 0 amide bonds. The van der Waals surface area contributed by atoms with Gasteiger partial charge in [0, 0.05) is 11.6 Å². The Labute approximate surface area is 70.3 Å². The maximum Gasteiger partial charge on any atom is 0.221 e. The molecule has 0 radical (unpaired) electrons. The van der Waals surface area contributed by atoms with Crippen LogP contribution in [-0.4, -0.2) is 18.7 Å². The minimum atomic E-state index is -0.0431. The Bertz CT molecular complexity index is 301. The van der Waals surface area contributed by atoms with E-state index in [0.717, 1.165) is 5.56 Å². The minimum absolute atomic E-state index is 0.0431. The molecule has 2 N–H and O–H groups in total. The van der Waals surface area contributed by atoms with Crippen LogP contribution in [0.2, 0.25) is 0 Å². The van der Waals surface area contributed by atoms with Crippen molar-refractivity contribution in [1.82, 2.24) is 4.98 Å². The third kappa shape index (κ3) is 1.00. The predicted octanol–water partition coefficient (Wildman–Crippen LogP) is 0.482. The van der Waals surface area contributed by atoms with E-state index in [-0.39, 0.29) is 6.04 Å². The topological polar surface area (TPSA) is 57.4 Å². The maximum atomic E-state index is 5.73. The van der Waals surface area contributed by atoms with Crippen molar-refractivity contribution in [2.45, 2.75) is 6.04 Å². The van der Waals surface area contributed by atoms with Gasteiger partial charge in [-0.3, -0.25) is 0 Å². The summed E-state index contributed by atoms with van der Waals surface area (Å²) in [4.78, 5) is 4.10. The van der Waals surface area contributed by atoms with Crippen LogP contribution in [0.3, 0.4) is 0 Å². The molecule has 1 atom stereocenters. The van der Waals surface area contributed by atoms with Crippen molar-refractivity contribution in [3.05, 3.63) is 17.7 Å². The molecule has 1 aromatic heterocycles. The summed E-state index contributed by atoms with van der Waals surface area (Å²) in [6.07, 6.45) is 0. The van der Waals surface area contributed by atoms with Gasteiger partial charge >= 0.3 is 0 Å². The first-order valence-corrected chi connectivity index (χ1v) is 3.74. The molecule has 0 fully saturated rings. The number of methoxy groups -OCH3 is 1. The van der Waals surface area contributed by atoms with Crippen LogP contribution in [0.15, 0.2) is 12.1 Å². The van der Waals surface area contributed by atoms with Crippen LogP contribution in [-0.2, 0) is 0 Å². The van der Waals surface area contributed by atoms with E-state index in [1.807, 2.05) is 6.07 Å². The molecule has 0 aromatic carbocycles. The highest BCUT2D eigenvalue weighted by Crippen LogP contribution is 2.30. The Morgan fingerprint density at radius 1 is 1.67 bits per heavy atom. The van der Waals surface area contributed by atoms with Gasteiger partial charge in [-0.05, 0) is 6.07 Å². The molecule has 2 heterocycles. The second-order valence-electron chi connectivity index (χ2n) is 2.67. The fourth-order valence-electron chi connectivity index (χ4n) is 1.20. The van der Waals surface area contributed by atoms with E-state index in [4.69, 9.17) is 15.2 Å². The van der Waals surface area contributed by atoms with Crippen molar-refractivity contribution in [3.8, 4) is 11.8 Å². The standard InChI is InChI=1S/C8H10N2O2/c1-11-7-3-2-5-6(9)4-12-8(5)10-7/h2-3,6H,4,9H2,1H3. The van der Waals surface area contributed by atoms with Gasteiger partial charge in [0.25, 0.3) is 0 Å². The van der Waals surface area contributed by atoms with Crippen LogP contribution in [0.1, 0.15) is 11.6 Å². The van der Waals surface area contributed by atoms with Gasteiger partial charge in [0.2, 0.25) is 11.8 Å². The number of rotatable bonds is 1. The average molecular weight is 166 g/mol. The second kappa shape index (κ2) is 2.64. The third-order valence-electron chi connectivity index (χ3n) is 1.87. The van der Waals surface area contributed by atoms with Crippen LogP contribution in [0.4, 0.5) is 0 Å². The Hall–Kier alpha value is -1.29. The lowest BCUT2D eigenvalue weighted by atomic mass is 10.2. The molecular weight excluding hydrogens is 156 g/mol. The number of nitrogens with zero attached hydrogens (tertiary/aromatic N) is 1. The first-order chi connectivity index (χ1) is 5.81. The maximum absolute atomic E-state index is 5.73. The summed E-state index contributed by atoms with van der Waals surface area (Å²) in [5, 5.41) is 0. The number of hydrogen-bond acceptors (Lipinski definition) is 4. The summed E-state index contributed by atoms with van der Waals surface area (Å²) in [7, 11) is 1.57. The zero-order valence-corrected chi connectivity index (χ0v) is 6.78. The van der Waals surface area contributed by atoms with E-state index in [0.29, 0.717) is 18.4 Å². The normalized spacial score (nSPS) is 20.0. The first-order valence-electron chi connectivity index (χ1n) is 3.74. The molecule has 0 saturated carbocycles. The highest BCUT2D eigenvalue weighted by Gasteiger charge is 2.21. The van der Waals surface area contributed by atoms with Gasteiger partial charge in [-0.2, -0.15) is 4.98 Å². The van der Waals surface area contributed by atoms with E-state index in [1.165, 1.54) is 0 Å². The van der Waals surface area contributed by atoms with E-state index < -0.39 is 0 Å². The molecule has 0 bridgehead atoms. The van der Waals surface area contributed by atoms with Gasteiger partial charge in [0.05, 0.1) is 13.2 Å². The number of aromatic nitrogens is 1. The fourth-order valence-corrected chi connectivity index (χ4v) is 1.20.